The summed E-state index contributed by atoms with van der Waals surface area (Å²) in [5, 5.41) is 11.6. The molecule has 4 aromatic rings. The normalized spacial score (nSPS) is 14.0. The zero-order valence-electron chi connectivity index (χ0n) is 15.4. The van der Waals surface area contributed by atoms with Crippen LogP contribution < -0.4 is 4.74 Å². The van der Waals surface area contributed by atoms with Crippen LogP contribution in [0, 0.1) is 0 Å². The Labute approximate surface area is 171 Å². The molecule has 0 bridgehead atoms. The van der Waals surface area contributed by atoms with E-state index in [4.69, 9.17) is 4.74 Å². The summed E-state index contributed by atoms with van der Waals surface area (Å²) in [5.74, 6) is 0.861. The van der Waals surface area contributed by atoms with Crippen molar-refractivity contribution in [1.29, 1.82) is 0 Å². The van der Waals surface area contributed by atoms with E-state index in [1.54, 1.807) is 0 Å². The predicted molar refractivity (Wildman–Crippen MR) is 120 cm³/mol. The highest BCUT2D eigenvalue weighted by Gasteiger charge is 2.37. The highest BCUT2D eigenvalue weighted by atomic mass is 16.5. The molecule has 1 heterocycles. The van der Waals surface area contributed by atoms with Gasteiger partial charge in [-0.15, -0.1) is 0 Å². The van der Waals surface area contributed by atoms with E-state index in [0.29, 0.717) is 0 Å². The number of aliphatic hydroxyl groups is 1. The average molecular weight is 380 g/mol. The monoisotopic (exact) mass is 380 g/mol. The van der Waals surface area contributed by atoms with Crippen molar-refractivity contribution in [3.8, 4) is 5.75 Å². The van der Waals surface area contributed by atoms with Crippen LogP contribution in [0.1, 0.15) is 29.7 Å². The van der Waals surface area contributed by atoms with E-state index in [0.717, 1.165) is 38.8 Å². The lowest BCUT2D eigenvalue weighted by molar-refractivity contribution is 0.161. The third-order valence-electron chi connectivity index (χ3n) is 5.43. The molecule has 0 unspecified atom stereocenters. The fourth-order valence-corrected chi connectivity index (χ4v) is 4.00. The van der Waals surface area contributed by atoms with Crippen molar-refractivity contribution in [2.24, 2.45) is 0 Å². The Morgan fingerprint density at radius 1 is 0.759 bits per heavy atom. The van der Waals surface area contributed by atoms with Crippen LogP contribution in [0.3, 0.4) is 0 Å². The maximum absolute atomic E-state index is 9.42. The predicted octanol–water partition coefficient (Wildman–Crippen LogP) is 6.32. The molecule has 1 aliphatic heterocycles. The summed E-state index contributed by atoms with van der Waals surface area (Å²) >= 11 is 0. The molecule has 0 radical (unpaired) electrons. The first-order chi connectivity index (χ1) is 13.8. The molecule has 1 aliphatic rings. The van der Waals surface area contributed by atoms with Crippen LogP contribution in [0.4, 0.5) is 0 Å². The molecule has 4 aromatic carbocycles. The molecule has 0 spiro atoms. The van der Waals surface area contributed by atoms with Gasteiger partial charge < -0.3 is 9.84 Å². The third-order valence-corrected chi connectivity index (χ3v) is 5.43. The molecule has 2 heteroatoms. The lowest BCUT2D eigenvalue weighted by Gasteiger charge is -2.36. The molecule has 0 saturated carbocycles. The van der Waals surface area contributed by atoms with Crippen molar-refractivity contribution >= 4 is 16.8 Å². The second-order valence-corrected chi connectivity index (χ2v) is 7.09. The van der Waals surface area contributed by atoms with Gasteiger partial charge in [-0.1, -0.05) is 86.3 Å². The van der Waals surface area contributed by atoms with Crippen molar-refractivity contribution in [1.82, 2.24) is 0 Å². The molecule has 1 N–H and O–H groups in total. The summed E-state index contributed by atoms with van der Waals surface area (Å²) in [6.45, 7) is 0.0461. The molecule has 2 nitrogen and oxygen atoms in total. The molecule has 5 rings (SSSR count). The Kier molecular flexibility index (Phi) is 4.96. The number of aliphatic hydroxyl groups excluding tert-OH is 1. The standard InChI is InChI=1S/C26H20O2.CH4/c27-18-19-11-13-23-20(17-19)12-14-25-24(23)15-16-26(28-25,21-7-3-1-4-8-21)22-9-5-2-6-10-22;/h1-17,27H,18H2;1H4. The lowest BCUT2D eigenvalue weighted by atomic mass is 9.83. The number of rotatable bonds is 3. The van der Waals surface area contributed by atoms with Crippen LogP contribution in [0.5, 0.6) is 5.75 Å². The zero-order chi connectivity index (χ0) is 19.0. The van der Waals surface area contributed by atoms with Crippen LogP contribution in [0.15, 0.2) is 97.1 Å². The molecule has 0 amide bonds. The quantitative estimate of drug-likeness (QED) is 0.451. The molecule has 0 atom stereocenters. The van der Waals surface area contributed by atoms with Gasteiger partial charge in [0.1, 0.15) is 5.75 Å². The lowest BCUT2D eigenvalue weighted by Crippen LogP contribution is -2.34. The Bertz CT molecular complexity index is 1120. The summed E-state index contributed by atoms with van der Waals surface area (Å²) in [6, 6.07) is 30.8. The highest BCUT2D eigenvalue weighted by molar-refractivity contribution is 5.94. The van der Waals surface area contributed by atoms with E-state index in [-0.39, 0.29) is 14.0 Å². The molecule has 0 fully saturated rings. The van der Waals surface area contributed by atoms with Crippen molar-refractivity contribution < 1.29 is 9.84 Å². The number of ether oxygens (including phenoxy) is 1. The summed E-state index contributed by atoms with van der Waals surface area (Å²) in [7, 11) is 0. The third kappa shape index (κ3) is 3.12. The minimum Gasteiger partial charge on any atom is -0.473 e. The Hall–Kier alpha value is -3.36. The maximum Gasteiger partial charge on any atom is 0.178 e. The maximum atomic E-state index is 9.42. The fourth-order valence-electron chi connectivity index (χ4n) is 4.00. The van der Waals surface area contributed by atoms with Crippen molar-refractivity contribution in [3.63, 3.8) is 0 Å². The molecule has 0 aromatic heterocycles. The van der Waals surface area contributed by atoms with E-state index in [9.17, 15) is 5.11 Å². The van der Waals surface area contributed by atoms with Gasteiger partial charge in [-0.3, -0.25) is 0 Å². The molecule has 144 valence electrons. The Balaban J connectivity index is 0.00000205. The van der Waals surface area contributed by atoms with Crippen LogP contribution in [0.25, 0.3) is 16.8 Å². The molecule has 0 saturated heterocycles. The first-order valence-corrected chi connectivity index (χ1v) is 9.46. The largest absolute Gasteiger partial charge is 0.473 e. The van der Waals surface area contributed by atoms with E-state index in [1.165, 1.54) is 0 Å². The smallest absolute Gasteiger partial charge is 0.178 e. The second-order valence-electron chi connectivity index (χ2n) is 7.09. The van der Waals surface area contributed by atoms with Crippen molar-refractivity contribution in [3.05, 3.63) is 119 Å². The minimum atomic E-state index is -0.658. The molecule has 29 heavy (non-hydrogen) atoms. The van der Waals surface area contributed by atoms with Gasteiger partial charge in [-0.25, -0.2) is 0 Å². The Morgan fingerprint density at radius 2 is 1.41 bits per heavy atom. The number of benzene rings is 4. The zero-order valence-corrected chi connectivity index (χ0v) is 15.4. The van der Waals surface area contributed by atoms with Gasteiger partial charge in [0.05, 0.1) is 6.61 Å². The van der Waals surface area contributed by atoms with Crippen LogP contribution in [-0.2, 0) is 12.2 Å². The SMILES string of the molecule is C.OCc1ccc2c3c(ccc2c1)OC(c1ccccc1)(c1ccccc1)C=C3. The first-order valence-electron chi connectivity index (χ1n) is 9.46. The van der Waals surface area contributed by atoms with E-state index in [1.807, 2.05) is 54.6 Å². The van der Waals surface area contributed by atoms with Gasteiger partial charge in [0.15, 0.2) is 5.60 Å². The topological polar surface area (TPSA) is 29.5 Å². The fraction of sp³-hybridized carbons (Fsp3) is 0.111. The van der Waals surface area contributed by atoms with Gasteiger partial charge in [0.25, 0.3) is 0 Å². The number of hydrogen-bond donors (Lipinski definition) is 1. The van der Waals surface area contributed by atoms with Crippen molar-refractivity contribution in [2.45, 2.75) is 19.6 Å². The average Bonchev–Trinajstić information content (AvgIpc) is 2.79. The van der Waals surface area contributed by atoms with E-state index in [2.05, 4.69) is 48.6 Å². The van der Waals surface area contributed by atoms with Crippen molar-refractivity contribution in [2.75, 3.05) is 0 Å². The Morgan fingerprint density at radius 3 is 2.03 bits per heavy atom. The first kappa shape index (κ1) is 19.0. The van der Waals surface area contributed by atoms with Crippen LogP contribution in [-0.4, -0.2) is 5.11 Å². The van der Waals surface area contributed by atoms with Gasteiger partial charge >= 0.3 is 0 Å². The van der Waals surface area contributed by atoms with Crippen LogP contribution >= 0.6 is 0 Å². The minimum absolute atomic E-state index is 0. The number of hydrogen-bond acceptors (Lipinski definition) is 2. The second kappa shape index (κ2) is 7.57. The van der Waals surface area contributed by atoms with Crippen LogP contribution in [0.2, 0.25) is 0 Å². The summed E-state index contributed by atoms with van der Waals surface area (Å²) < 4.78 is 6.72. The molecule has 0 aliphatic carbocycles. The van der Waals surface area contributed by atoms with Gasteiger partial charge in [-0.2, -0.15) is 0 Å². The van der Waals surface area contributed by atoms with Gasteiger partial charge in [0, 0.05) is 16.7 Å². The summed E-state index contributed by atoms with van der Waals surface area (Å²) in [6.07, 6.45) is 4.32. The van der Waals surface area contributed by atoms with E-state index >= 15 is 0 Å². The van der Waals surface area contributed by atoms with Gasteiger partial charge in [-0.05, 0) is 40.6 Å². The summed E-state index contributed by atoms with van der Waals surface area (Å²) in [4.78, 5) is 0. The summed E-state index contributed by atoms with van der Waals surface area (Å²) in [5.41, 5.74) is 3.52. The highest BCUT2D eigenvalue weighted by Crippen LogP contribution is 2.44. The van der Waals surface area contributed by atoms with E-state index < -0.39 is 5.60 Å². The molecular formula is C27H24O2. The molecular weight excluding hydrogens is 356 g/mol. The number of fused-ring (bicyclic) bond motifs is 3. The van der Waals surface area contributed by atoms with Gasteiger partial charge in [0.2, 0.25) is 0 Å².